The summed E-state index contributed by atoms with van der Waals surface area (Å²) in [6.07, 6.45) is 1.66. The third-order valence-corrected chi connectivity index (χ3v) is 5.50. The van der Waals surface area contributed by atoms with Crippen molar-refractivity contribution in [3.63, 3.8) is 0 Å². The van der Waals surface area contributed by atoms with E-state index in [1.165, 1.54) is 26.9 Å². The normalized spacial score (nSPS) is 12.1. The first-order valence-electron chi connectivity index (χ1n) is 9.44. The number of benzene rings is 5. The first-order chi connectivity index (χ1) is 14.3. The van der Waals surface area contributed by atoms with E-state index in [2.05, 4.69) is 63.7 Å². The Kier molecular flexibility index (Phi) is 3.29. The number of pyridine rings is 1. The molecular formula is C25H15N3O. The van der Waals surface area contributed by atoms with Crippen LogP contribution in [0.1, 0.15) is 0 Å². The number of rotatable bonds is 2. The SMILES string of the molecule is Oc1ccc(N=Nc2ccc3ccc4cccc5ccc2c3c45)c2cccnc12. The molecule has 0 aliphatic carbocycles. The quantitative estimate of drug-likeness (QED) is 0.257. The van der Waals surface area contributed by atoms with E-state index in [0.29, 0.717) is 11.2 Å². The Hall–Kier alpha value is -4.05. The van der Waals surface area contributed by atoms with Gasteiger partial charge in [0.05, 0.1) is 11.4 Å². The highest BCUT2D eigenvalue weighted by Crippen LogP contribution is 2.39. The molecule has 29 heavy (non-hydrogen) atoms. The van der Waals surface area contributed by atoms with Crippen molar-refractivity contribution in [1.29, 1.82) is 0 Å². The summed E-state index contributed by atoms with van der Waals surface area (Å²) in [6.45, 7) is 0. The van der Waals surface area contributed by atoms with E-state index < -0.39 is 0 Å². The maximum Gasteiger partial charge on any atom is 0.141 e. The van der Waals surface area contributed by atoms with Gasteiger partial charge in [-0.3, -0.25) is 4.98 Å². The summed E-state index contributed by atoms with van der Waals surface area (Å²) in [4.78, 5) is 4.25. The fraction of sp³-hybridized carbons (Fsp3) is 0. The largest absolute Gasteiger partial charge is 0.506 e. The Morgan fingerprint density at radius 2 is 1.24 bits per heavy atom. The standard InChI is InChI=1S/C25H15N3O/c29-22-13-12-21(19-5-2-14-26-25(19)22)28-27-20-11-9-17-7-6-15-3-1-4-16-8-10-18(20)24(17)23(15)16/h1-14,29H. The summed E-state index contributed by atoms with van der Waals surface area (Å²) in [5.74, 6) is 0.141. The zero-order chi connectivity index (χ0) is 19.4. The number of aromatic nitrogens is 1. The molecule has 0 radical (unpaired) electrons. The highest BCUT2D eigenvalue weighted by Gasteiger charge is 2.11. The maximum atomic E-state index is 10.0. The number of phenols is 1. The van der Waals surface area contributed by atoms with Crippen molar-refractivity contribution in [1.82, 2.24) is 4.98 Å². The van der Waals surface area contributed by atoms with Crippen LogP contribution in [0.2, 0.25) is 0 Å². The molecule has 1 N–H and O–H groups in total. The monoisotopic (exact) mass is 373 g/mol. The minimum absolute atomic E-state index is 0.141. The predicted molar refractivity (Wildman–Crippen MR) is 118 cm³/mol. The topological polar surface area (TPSA) is 57.8 Å². The van der Waals surface area contributed by atoms with E-state index in [9.17, 15) is 5.11 Å². The van der Waals surface area contributed by atoms with Gasteiger partial charge in [-0.05, 0) is 57.3 Å². The first-order valence-corrected chi connectivity index (χ1v) is 9.44. The lowest BCUT2D eigenvalue weighted by molar-refractivity contribution is 0.480. The Bertz CT molecular complexity index is 1550. The van der Waals surface area contributed by atoms with Crippen molar-refractivity contribution in [3.8, 4) is 5.75 Å². The Balaban J connectivity index is 1.58. The molecule has 0 spiro atoms. The second-order valence-electron chi connectivity index (χ2n) is 7.14. The third-order valence-electron chi connectivity index (χ3n) is 5.50. The number of azo groups is 1. The summed E-state index contributed by atoms with van der Waals surface area (Å²) >= 11 is 0. The molecule has 0 amide bonds. The predicted octanol–water partition coefficient (Wildman–Crippen LogP) is 7.25. The van der Waals surface area contributed by atoms with Crippen LogP contribution in [0, 0.1) is 0 Å². The lowest BCUT2D eigenvalue weighted by Crippen LogP contribution is -1.83. The molecule has 0 atom stereocenters. The number of hydrogen-bond donors (Lipinski definition) is 1. The van der Waals surface area contributed by atoms with Gasteiger partial charge >= 0.3 is 0 Å². The van der Waals surface area contributed by atoms with E-state index in [1.54, 1.807) is 18.3 Å². The molecule has 0 saturated carbocycles. The molecule has 0 fully saturated rings. The van der Waals surface area contributed by atoms with E-state index >= 15 is 0 Å². The van der Waals surface area contributed by atoms with Crippen molar-refractivity contribution in [2.24, 2.45) is 10.2 Å². The molecule has 6 aromatic rings. The highest BCUT2D eigenvalue weighted by molar-refractivity contribution is 6.24. The van der Waals surface area contributed by atoms with Crippen LogP contribution in [-0.2, 0) is 0 Å². The summed E-state index contributed by atoms with van der Waals surface area (Å²) in [5, 5.41) is 27.1. The minimum Gasteiger partial charge on any atom is -0.506 e. The lowest BCUT2D eigenvalue weighted by atomic mass is 9.94. The van der Waals surface area contributed by atoms with Crippen molar-refractivity contribution in [2.75, 3.05) is 0 Å². The second-order valence-corrected chi connectivity index (χ2v) is 7.14. The van der Waals surface area contributed by atoms with Crippen LogP contribution in [0.5, 0.6) is 5.75 Å². The molecule has 5 aromatic carbocycles. The molecule has 4 heteroatoms. The van der Waals surface area contributed by atoms with Crippen molar-refractivity contribution in [2.45, 2.75) is 0 Å². The number of hydrogen-bond acceptors (Lipinski definition) is 4. The van der Waals surface area contributed by atoms with Crippen molar-refractivity contribution >= 4 is 54.6 Å². The molecule has 0 aliphatic rings. The molecule has 0 unspecified atom stereocenters. The Morgan fingerprint density at radius 3 is 2.07 bits per heavy atom. The molecule has 0 bridgehead atoms. The maximum absolute atomic E-state index is 10.0. The molecule has 1 aromatic heterocycles. The van der Waals surface area contributed by atoms with Gasteiger partial charge in [-0.15, -0.1) is 10.2 Å². The van der Waals surface area contributed by atoms with Crippen LogP contribution < -0.4 is 0 Å². The number of phenolic OH excluding ortho intramolecular Hbond substituents is 1. The molecule has 136 valence electrons. The zero-order valence-electron chi connectivity index (χ0n) is 15.4. The molecule has 0 saturated heterocycles. The van der Waals surface area contributed by atoms with E-state index in [-0.39, 0.29) is 5.75 Å². The second kappa shape index (κ2) is 5.97. The molecule has 6 rings (SSSR count). The highest BCUT2D eigenvalue weighted by atomic mass is 16.3. The zero-order valence-corrected chi connectivity index (χ0v) is 15.4. The lowest BCUT2D eigenvalue weighted by Gasteiger charge is -2.11. The number of nitrogens with zero attached hydrogens (tertiary/aromatic N) is 3. The number of aromatic hydroxyl groups is 1. The fourth-order valence-electron chi connectivity index (χ4n) is 4.14. The van der Waals surface area contributed by atoms with Crippen molar-refractivity contribution in [3.05, 3.63) is 85.1 Å². The molecule has 0 aliphatic heterocycles. The van der Waals surface area contributed by atoms with E-state index in [0.717, 1.165) is 16.5 Å². The Labute approximate surface area is 166 Å². The minimum atomic E-state index is 0.141. The molecule has 4 nitrogen and oxygen atoms in total. The summed E-state index contributed by atoms with van der Waals surface area (Å²) in [6, 6.07) is 26.2. The van der Waals surface area contributed by atoms with E-state index in [4.69, 9.17) is 0 Å². The van der Waals surface area contributed by atoms with Crippen LogP contribution >= 0.6 is 0 Å². The number of fused-ring (bicyclic) bond motifs is 1. The van der Waals surface area contributed by atoms with Crippen LogP contribution in [0.4, 0.5) is 11.4 Å². The van der Waals surface area contributed by atoms with Crippen LogP contribution in [-0.4, -0.2) is 10.1 Å². The van der Waals surface area contributed by atoms with Gasteiger partial charge in [0.1, 0.15) is 11.3 Å². The average Bonchev–Trinajstić information content (AvgIpc) is 2.78. The smallest absolute Gasteiger partial charge is 0.141 e. The van der Waals surface area contributed by atoms with Crippen LogP contribution in [0.15, 0.2) is 95.3 Å². The Morgan fingerprint density at radius 1 is 0.586 bits per heavy atom. The van der Waals surface area contributed by atoms with Crippen LogP contribution in [0.25, 0.3) is 43.2 Å². The first kappa shape index (κ1) is 16.0. The van der Waals surface area contributed by atoms with Gasteiger partial charge in [-0.25, -0.2) is 0 Å². The average molecular weight is 373 g/mol. The van der Waals surface area contributed by atoms with Gasteiger partial charge in [0.15, 0.2) is 0 Å². The van der Waals surface area contributed by atoms with Gasteiger partial charge in [0.25, 0.3) is 0 Å². The summed E-state index contributed by atoms with van der Waals surface area (Å²) < 4.78 is 0. The van der Waals surface area contributed by atoms with E-state index in [1.807, 2.05) is 18.2 Å². The summed E-state index contributed by atoms with van der Waals surface area (Å²) in [5.41, 5.74) is 2.02. The summed E-state index contributed by atoms with van der Waals surface area (Å²) in [7, 11) is 0. The molecular weight excluding hydrogens is 358 g/mol. The van der Waals surface area contributed by atoms with Gasteiger partial charge in [0.2, 0.25) is 0 Å². The van der Waals surface area contributed by atoms with Crippen LogP contribution in [0.3, 0.4) is 0 Å². The fourth-order valence-corrected chi connectivity index (χ4v) is 4.14. The third kappa shape index (κ3) is 2.36. The van der Waals surface area contributed by atoms with Gasteiger partial charge in [0, 0.05) is 17.0 Å². The molecule has 1 heterocycles. The van der Waals surface area contributed by atoms with Gasteiger partial charge in [-0.1, -0.05) is 48.5 Å². The van der Waals surface area contributed by atoms with Crippen molar-refractivity contribution < 1.29 is 5.11 Å². The van der Waals surface area contributed by atoms with Gasteiger partial charge in [-0.2, -0.15) is 0 Å². The van der Waals surface area contributed by atoms with Gasteiger partial charge < -0.3 is 5.11 Å².